The van der Waals surface area contributed by atoms with E-state index in [1.165, 1.54) is 0 Å². The monoisotopic (exact) mass is 428 g/mol. The number of ether oxygens (including phenoxy) is 2. The van der Waals surface area contributed by atoms with E-state index in [0.29, 0.717) is 11.6 Å². The second-order valence-corrected chi connectivity index (χ2v) is 8.51. The lowest BCUT2D eigenvalue weighted by Crippen LogP contribution is -2.38. The molecule has 1 heterocycles. The van der Waals surface area contributed by atoms with Gasteiger partial charge < -0.3 is 14.8 Å². The summed E-state index contributed by atoms with van der Waals surface area (Å²) >= 11 is 6.05. The lowest BCUT2D eigenvalue weighted by Gasteiger charge is -2.28. The zero-order chi connectivity index (χ0) is 20.8. The van der Waals surface area contributed by atoms with Crippen LogP contribution in [0, 0.1) is 0 Å². The molecule has 1 saturated heterocycles. The third kappa shape index (κ3) is 4.97. The first-order valence-electron chi connectivity index (χ1n) is 10.8. The van der Waals surface area contributed by atoms with Crippen LogP contribution < -0.4 is 10.1 Å². The maximum Gasteiger partial charge on any atom is 0.235 e. The molecule has 1 aliphatic heterocycles. The van der Waals surface area contributed by atoms with E-state index in [-0.39, 0.29) is 5.91 Å². The van der Waals surface area contributed by atoms with Gasteiger partial charge in [0, 0.05) is 30.3 Å². The summed E-state index contributed by atoms with van der Waals surface area (Å²) in [5, 5.41) is 3.81. The Morgan fingerprint density at radius 2 is 1.70 bits per heavy atom. The molecule has 0 radical (unpaired) electrons. The van der Waals surface area contributed by atoms with Crippen LogP contribution >= 0.6 is 11.6 Å². The van der Waals surface area contributed by atoms with Crippen LogP contribution in [0.4, 0.5) is 5.69 Å². The number of morpholine rings is 1. The van der Waals surface area contributed by atoms with Crippen LogP contribution in [0.15, 0.2) is 48.5 Å². The van der Waals surface area contributed by atoms with Crippen LogP contribution in [0.5, 0.6) is 5.75 Å². The summed E-state index contributed by atoms with van der Waals surface area (Å²) in [5.41, 5.74) is 1.36. The number of nitrogens with zero attached hydrogens (tertiary/aromatic N) is 1. The number of amides is 1. The van der Waals surface area contributed by atoms with Crippen molar-refractivity contribution in [2.24, 2.45) is 0 Å². The van der Waals surface area contributed by atoms with Crippen molar-refractivity contribution >= 4 is 23.2 Å². The highest BCUT2D eigenvalue weighted by Crippen LogP contribution is 2.42. The van der Waals surface area contributed by atoms with E-state index in [1.54, 1.807) is 0 Å². The number of benzene rings is 2. The molecular formula is C24H29ClN2O3. The van der Waals surface area contributed by atoms with Gasteiger partial charge >= 0.3 is 0 Å². The van der Waals surface area contributed by atoms with E-state index in [4.69, 9.17) is 21.1 Å². The molecule has 1 saturated carbocycles. The van der Waals surface area contributed by atoms with E-state index >= 15 is 0 Å². The Bertz CT molecular complexity index is 827. The van der Waals surface area contributed by atoms with Crippen molar-refractivity contribution in [1.29, 1.82) is 0 Å². The van der Waals surface area contributed by atoms with Gasteiger partial charge in [0.05, 0.1) is 18.6 Å². The first-order valence-corrected chi connectivity index (χ1v) is 11.1. The third-order valence-electron chi connectivity index (χ3n) is 6.18. The van der Waals surface area contributed by atoms with Crippen molar-refractivity contribution in [3.05, 3.63) is 59.1 Å². The minimum atomic E-state index is -0.474. The van der Waals surface area contributed by atoms with Crippen molar-refractivity contribution < 1.29 is 14.3 Å². The Balaban J connectivity index is 1.34. The number of halogens is 1. The molecule has 1 aliphatic carbocycles. The van der Waals surface area contributed by atoms with Gasteiger partial charge in [0.15, 0.2) is 0 Å². The SMILES string of the molecule is O=C(Nc1ccc(OCCN2CCOCC2)cc1)C1(c2ccc(Cl)cc2)CCCC1. The van der Waals surface area contributed by atoms with Crippen molar-refractivity contribution in [3.8, 4) is 5.75 Å². The van der Waals surface area contributed by atoms with E-state index in [1.807, 2.05) is 48.5 Å². The zero-order valence-electron chi connectivity index (χ0n) is 17.2. The maximum atomic E-state index is 13.3. The van der Waals surface area contributed by atoms with Gasteiger partial charge in [-0.3, -0.25) is 9.69 Å². The number of nitrogens with one attached hydrogen (secondary N) is 1. The summed E-state index contributed by atoms with van der Waals surface area (Å²) < 4.78 is 11.2. The number of rotatable bonds is 7. The molecule has 2 fully saturated rings. The van der Waals surface area contributed by atoms with Gasteiger partial charge in [-0.1, -0.05) is 36.6 Å². The van der Waals surface area contributed by atoms with Gasteiger partial charge in [0.1, 0.15) is 12.4 Å². The second kappa shape index (κ2) is 9.82. The highest BCUT2D eigenvalue weighted by Gasteiger charge is 2.42. The van der Waals surface area contributed by atoms with Crippen molar-refractivity contribution in [1.82, 2.24) is 4.90 Å². The summed E-state index contributed by atoms with van der Waals surface area (Å²) in [7, 11) is 0. The number of carbonyl (C=O) groups excluding carboxylic acids is 1. The van der Waals surface area contributed by atoms with E-state index in [9.17, 15) is 4.79 Å². The highest BCUT2D eigenvalue weighted by atomic mass is 35.5. The summed E-state index contributed by atoms with van der Waals surface area (Å²) in [6.45, 7) is 5.06. The number of hydrogen-bond donors (Lipinski definition) is 1. The molecule has 0 atom stereocenters. The van der Waals surface area contributed by atoms with Crippen LogP contribution in [0.1, 0.15) is 31.2 Å². The zero-order valence-corrected chi connectivity index (χ0v) is 18.0. The summed E-state index contributed by atoms with van der Waals surface area (Å²) in [4.78, 5) is 15.6. The first kappa shape index (κ1) is 21.2. The second-order valence-electron chi connectivity index (χ2n) is 8.08. The van der Waals surface area contributed by atoms with Gasteiger partial charge in [-0.2, -0.15) is 0 Å². The van der Waals surface area contributed by atoms with E-state index in [2.05, 4.69) is 10.2 Å². The molecule has 0 spiro atoms. The van der Waals surface area contributed by atoms with Crippen LogP contribution in [0.2, 0.25) is 5.02 Å². The summed E-state index contributed by atoms with van der Waals surface area (Å²) in [5.74, 6) is 0.873. The van der Waals surface area contributed by atoms with Crippen molar-refractivity contribution in [2.45, 2.75) is 31.1 Å². The highest BCUT2D eigenvalue weighted by molar-refractivity contribution is 6.30. The van der Waals surface area contributed by atoms with Gasteiger partial charge in [0.25, 0.3) is 0 Å². The van der Waals surface area contributed by atoms with E-state index < -0.39 is 5.41 Å². The van der Waals surface area contributed by atoms with Gasteiger partial charge in [-0.15, -0.1) is 0 Å². The Labute approximate surface area is 183 Å². The number of carbonyl (C=O) groups is 1. The fourth-order valence-electron chi connectivity index (χ4n) is 4.40. The van der Waals surface area contributed by atoms with Crippen molar-refractivity contribution in [2.75, 3.05) is 44.8 Å². The minimum absolute atomic E-state index is 0.0586. The van der Waals surface area contributed by atoms with Gasteiger partial charge in [0.2, 0.25) is 5.91 Å². The third-order valence-corrected chi connectivity index (χ3v) is 6.43. The smallest absolute Gasteiger partial charge is 0.235 e. The molecule has 30 heavy (non-hydrogen) atoms. The Hall–Kier alpha value is -2.08. The van der Waals surface area contributed by atoms with Crippen LogP contribution in [0.25, 0.3) is 0 Å². The van der Waals surface area contributed by atoms with Gasteiger partial charge in [-0.25, -0.2) is 0 Å². The minimum Gasteiger partial charge on any atom is -0.492 e. The van der Waals surface area contributed by atoms with Crippen molar-refractivity contribution in [3.63, 3.8) is 0 Å². The van der Waals surface area contributed by atoms with Crippen LogP contribution in [-0.2, 0) is 14.9 Å². The van der Waals surface area contributed by atoms with Gasteiger partial charge in [-0.05, 0) is 54.8 Å². The fraction of sp³-hybridized carbons (Fsp3) is 0.458. The van der Waals surface area contributed by atoms with E-state index in [0.717, 1.165) is 75.5 Å². The molecule has 1 N–H and O–H groups in total. The fourth-order valence-corrected chi connectivity index (χ4v) is 4.52. The molecule has 1 amide bonds. The molecule has 160 valence electrons. The molecule has 2 aromatic carbocycles. The average molecular weight is 429 g/mol. The average Bonchev–Trinajstić information content (AvgIpc) is 3.28. The molecule has 0 bridgehead atoms. The lowest BCUT2D eigenvalue weighted by atomic mass is 9.78. The Morgan fingerprint density at radius 3 is 2.37 bits per heavy atom. The molecule has 4 rings (SSSR count). The lowest BCUT2D eigenvalue weighted by molar-refractivity contribution is -0.121. The summed E-state index contributed by atoms with van der Waals surface area (Å²) in [6, 6.07) is 15.4. The van der Waals surface area contributed by atoms with Crippen LogP contribution in [-0.4, -0.2) is 50.3 Å². The topological polar surface area (TPSA) is 50.8 Å². The largest absolute Gasteiger partial charge is 0.492 e. The summed E-state index contributed by atoms with van der Waals surface area (Å²) in [6.07, 6.45) is 3.85. The van der Waals surface area contributed by atoms with Crippen LogP contribution in [0.3, 0.4) is 0 Å². The molecule has 2 aromatic rings. The normalized spacial score (nSPS) is 18.8. The molecular weight excluding hydrogens is 400 g/mol. The number of anilines is 1. The molecule has 0 unspecified atom stereocenters. The molecule has 0 aromatic heterocycles. The quantitative estimate of drug-likeness (QED) is 0.705. The Morgan fingerprint density at radius 1 is 1.03 bits per heavy atom. The first-order chi connectivity index (χ1) is 14.7. The standard InChI is InChI=1S/C24H29ClN2O3/c25-20-5-3-19(4-6-20)24(11-1-2-12-24)23(28)26-21-7-9-22(10-8-21)30-18-15-27-13-16-29-17-14-27/h3-10H,1-2,11-18H2,(H,26,28). The number of hydrogen-bond acceptors (Lipinski definition) is 4. The maximum absolute atomic E-state index is 13.3. The Kier molecular flexibility index (Phi) is 6.93. The predicted octanol–water partition coefficient (Wildman–Crippen LogP) is 4.50. The molecule has 2 aliphatic rings. The molecule has 5 nitrogen and oxygen atoms in total. The molecule has 6 heteroatoms. The predicted molar refractivity (Wildman–Crippen MR) is 119 cm³/mol.